The van der Waals surface area contributed by atoms with Crippen LogP contribution in [0.5, 0.6) is 5.75 Å². The number of epoxide rings is 1. The second-order valence-electron chi connectivity index (χ2n) is 6.15. The summed E-state index contributed by atoms with van der Waals surface area (Å²) in [5.41, 5.74) is -0.273. The minimum Gasteiger partial charge on any atom is -0.490 e. The molecule has 0 amide bonds. The SMILES string of the molecule is CN(c1ccccc1)S(=O)(=O)Cc1ccc(C(F)(F)F)c(OCC2CO2)c1. The van der Waals surface area contributed by atoms with Gasteiger partial charge in [-0.25, -0.2) is 8.42 Å². The molecular formula is C18H18F3NO4S. The minimum atomic E-state index is -4.60. The molecule has 0 aliphatic carbocycles. The van der Waals surface area contributed by atoms with Crippen molar-refractivity contribution < 1.29 is 31.1 Å². The molecule has 5 nitrogen and oxygen atoms in total. The van der Waals surface area contributed by atoms with Gasteiger partial charge in [0.05, 0.1) is 23.6 Å². The molecule has 2 aromatic rings. The van der Waals surface area contributed by atoms with Crippen molar-refractivity contribution in [3.63, 3.8) is 0 Å². The van der Waals surface area contributed by atoms with E-state index in [1.54, 1.807) is 30.3 Å². The molecule has 1 saturated heterocycles. The summed E-state index contributed by atoms with van der Waals surface area (Å²) in [6.45, 7) is 0.431. The van der Waals surface area contributed by atoms with Crippen molar-refractivity contribution in [2.45, 2.75) is 18.0 Å². The highest BCUT2D eigenvalue weighted by Gasteiger charge is 2.35. The number of alkyl halides is 3. The first-order chi connectivity index (χ1) is 12.7. The van der Waals surface area contributed by atoms with Gasteiger partial charge in [0.15, 0.2) is 0 Å². The van der Waals surface area contributed by atoms with E-state index in [1.807, 2.05) is 0 Å². The predicted molar refractivity (Wildman–Crippen MR) is 94.1 cm³/mol. The number of hydrogen-bond acceptors (Lipinski definition) is 4. The number of halogens is 3. The van der Waals surface area contributed by atoms with Crippen molar-refractivity contribution >= 4 is 15.7 Å². The second kappa shape index (κ2) is 7.40. The van der Waals surface area contributed by atoms with Gasteiger partial charge in [0.2, 0.25) is 10.0 Å². The van der Waals surface area contributed by atoms with Crippen LogP contribution in [0.2, 0.25) is 0 Å². The molecule has 1 aliphatic rings. The van der Waals surface area contributed by atoms with Crippen LogP contribution in [-0.2, 0) is 26.7 Å². The second-order valence-corrected chi connectivity index (χ2v) is 8.15. The van der Waals surface area contributed by atoms with E-state index < -0.39 is 33.3 Å². The van der Waals surface area contributed by atoms with Gasteiger partial charge in [-0.05, 0) is 29.8 Å². The minimum absolute atomic E-state index is 0.0107. The lowest BCUT2D eigenvalue weighted by Crippen LogP contribution is -2.27. The van der Waals surface area contributed by atoms with Crippen LogP contribution in [0.15, 0.2) is 48.5 Å². The number of benzene rings is 2. The summed E-state index contributed by atoms with van der Waals surface area (Å²) in [5.74, 6) is -0.847. The number of sulfonamides is 1. The van der Waals surface area contributed by atoms with Gasteiger partial charge >= 0.3 is 6.18 Å². The van der Waals surface area contributed by atoms with Crippen molar-refractivity contribution in [1.29, 1.82) is 0 Å². The van der Waals surface area contributed by atoms with E-state index >= 15 is 0 Å². The Morgan fingerprint density at radius 2 is 1.85 bits per heavy atom. The lowest BCUT2D eigenvalue weighted by atomic mass is 10.1. The fourth-order valence-electron chi connectivity index (χ4n) is 2.46. The molecule has 3 rings (SSSR count). The van der Waals surface area contributed by atoms with Crippen LogP contribution in [0.25, 0.3) is 0 Å². The summed E-state index contributed by atoms with van der Waals surface area (Å²) in [5, 5.41) is 0. The molecule has 0 radical (unpaired) electrons. The Morgan fingerprint density at radius 3 is 2.44 bits per heavy atom. The van der Waals surface area contributed by atoms with Crippen LogP contribution in [0.4, 0.5) is 18.9 Å². The number of ether oxygens (including phenoxy) is 2. The van der Waals surface area contributed by atoms with Gasteiger partial charge in [-0.2, -0.15) is 13.2 Å². The molecule has 0 spiro atoms. The van der Waals surface area contributed by atoms with Crippen LogP contribution in [0.3, 0.4) is 0 Å². The van der Waals surface area contributed by atoms with E-state index in [0.29, 0.717) is 12.3 Å². The Balaban J connectivity index is 1.84. The molecule has 9 heteroatoms. The molecule has 0 aromatic heterocycles. The van der Waals surface area contributed by atoms with Gasteiger partial charge in [0.25, 0.3) is 0 Å². The normalized spacial score (nSPS) is 16.8. The van der Waals surface area contributed by atoms with E-state index in [2.05, 4.69) is 0 Å². The van der Waals surface area contributed by atoms with Crippen LogP contribution in [-0.4, -0.2) is 34.8 Å². The lowest BCUT2D eigenvalue weighted by Gasteiger charge is -2.20. The number of para-hydroxylation sites is 1. The fourth-order valence-corrected chi connectivity index (χ4v) is 3.70. The number of rotatable bonds is 7. The molecular weight excluding hydrogens is 383 g/mol. The highest BCUT2D eigenvalue weighted by molar-refractivity contribution is 7.92. The maximum Gasteiger partial charge on any atom is 0.419 e. The molecule has 1 fully saturated rings. The van der Waals surface area contributed by atoms with Gasteiger partial charge in [0.1, 0.15) is 18.5 Å². The van der Waals surface area contributed by atoms with E-state index in [9.17, 15) is 21.6 Å². The van der Waals surface area contributed by atoms with Crippen LogP contribution in [0.1, 0.15) is 11.1 Å². The Hall–Kier alpha value is -2.26. The monoisotopic (exact) mass is 401 g/mol. The van der Waals surface area contributed by atoms with Crippen molar-refractivity contribution in [3.05, 3.63) is 59.7 Å². The molecule has 27 heavy (non-hydrogen) atoms. The molecule has 0 N–H and O–H groups in total. The summed E-state index contributed by atoms with van der Waals surface area (Å²) in [6.07, 6.45) is -4.82. The molecule has 1 heterocycles. The highest BCUT2D eigenvalue weighted by atomic mass is 32.2. The van der Waals surface area contributed by atoms with E-state index in [-0.39, 0.29) is 18.3 Å². The van der Waals surface area contributed by atoms with Crippen LogP contribution >= 0.6 is 0 Å². The molecule has 0 bridgehead atoms. The van der Waals surface area contributed by atoms with E-state index in [1.165, 1.54) is 7.05 Å². The zero-order chi connectivity index (χ0) is 19.7. The zero-order valence-electron chi connectivity index (χ0n) is 14.4. The smallest absolute Gasteiger partial charge is 0.419 e. The summed E-state index contributed by atoms with van der Waals surface area (Å²) in [6, 6.07) is 11.5. The average Bonchev–Trinajstić information content (AvgIpc) is 3.43. The molecule has 146 valence electrons. The summed E-state index contributed by atoms with van der Waals surface area (Å²) >= 11 is 0. The first-order valence-corrected chi connectivity index (χ1v) is 9.74. The maximum atomic E-state index is 13.2. The third kappa shape index (κ3) is 4.92. The van der Waals surface area contributed by atoms with Crippen LogP contribution in [0, 0.1) is 0 Å². The van der Waals surface area contributed by atoms with Gasteiger partial charge in [-0.1, -0.05) is 24.3 Å². The zero-order valence-corrected chi connectivity index (χ0v) is 15.3. The maximum absolute atomic E-state index is 13.2. The molecule has 1 aliphatic heterocycles. The van der Waals surface area contributed by atoms with Crippen molar-refractivity contribution in [2.24, 2.45) is 0 Å². The number of anilines is 1. The highest BCUT2D eigenvalue weighted by Crippen LogP contribution is 2.37. The van der Waals surface area contributed by atoms with E-state index in [4.69, 9.17) is 9.47 Å². The standard InChI is InChI=1S/C18H18F3NO4S/c1-22(14-5-3-2-4-6-14)27(23,24)12-13-7-8-16(18(19,20)21)17(9-13)26-11-15-10-25-15/h2-9,15H,10-12H2,1H3. The fraction of sp³-hybridized carbons (Fsp3) is 0.333. The van der Waals surface area contributed by atoms with Gasteiger partial charge in [-0.15, -0.1) is 0 Å². The summed E-state index contributed by atoms with van der Waals surface area (Å²) in [4.78, 5) is 0. The summed E-state index contributed by atoms with van der Waals surface area (Å²) < 4.78 is 76.0. The third-order valence-corrected chi connectivity index (χ3v) is 5.81. The van der Waals surface area contributed by atoms with Crippen molar-refractivity contribution in [1.82, 2.24) is 0 Å². The first kappa shape index (κ1) is 19.5. The lowest BCUT2D eigenvalue weighted by molar-refractivity contribution is -0.139. The molecule has 1 atom stereocenters. The first-order valence-electron chi connectivity index (χ1n) is 8.13. The van der Waals surface area contributed by atoms with E-state index in [0.717, 1.165) is 22.5 Å². The molecule has 2 aromatic carbocycles. The third-order valence-electron chi connectivity index (χ3n) is 4.06. The van der Waals surface area contributed by atoms with Gasteiger partial charge in [0, 0.05) is 7.05 Å². The predicted octanol–water partition coefficient (Wildman–Crippen LogP) is 3.45. The average molecular weight is 401 g/mol. The molecule has 1 unspecified atom stereocenters. The Morgan fingerprint density at radius 1 is 1.19 bits per heavy atom. The number of nitrogens with zero attached hydrogens (tertiary/aromatic N) is 1. The quantitative estimate of drug-likeness (QED) is 0.667. The summed E-state index contributed by atoms with van der Waals surface area (Å²) in [7, 11) is -2.38. The Labute approximate surface area is 155 Å². The molecule has 0 saturated carbocycles. The Bertz CT molecular complexity index is 897. The van der Waals surface area contributed by atoms with Gasteiger partial charge < -0.3 is 9.47 Å². The largest absolute Gasteiger partial charge is 0.490 e. The topological polar surface area (TPSA) is 59.1 Å². The van der Waals surface area contributed by atoms with Crippen LogP contribution < -0.4 is 9.04 Å². The van der Waals surface area contributed by atoms with Gasteiger partial charge in [-0.3, -0.25) is 4.31 Å². The Kier molecular flexibility index (Phi) is 5.34. The van der Waals surface area contributed by atoms with Crippen molar-refractivity contribution in [2.75, 3.05) is 24.6 Å². The number of hydrogen-bond donors (Lipinski definition) is 0. The van der Waals surface area contributed by atoms with Crippen molar-refractivity contribution in [3.8, 4) is 5.75 Å².